The van der Waals surface area contributed by atoms with Gasteiger partial charge in [0.1, 0.15) is 18.2 Å². The van der Waals surface area contributed by atoms with Gasteiger partial charge in [-0.2, -0.15) is 0 Å². The molecule has 2 fully saturated rings. The fourth-order valence-corrected chi connectivity index (χ4v) is 3.19. The van der Waals surface area contributed by atoms with E-state index < -0.39 is 5.82 Å². The van der Waals surface area contributed by atoms with Crippen molar-refractivity contribution >= 4 is 23.4 Å². The number of rotatable bonds is 7. The van der Waals surface area contributed by atoms with Gasteiger partial charge in [-0.05, 0) is 44.2 Å². The van der Waals surface area contributed by atoms with Gasteiger partial charge >= 0.3 is 0 Å². The molecule has 1 N–H and O–H groups in total. The molecule has 3 rings (SSSR count). The molecule has 6 nitrogen and oxygen atoms in total. The SMILES string of the molecule is O=C(COc1ccc(Cl)c(F)c1)NC1CCN(C(=O)COC2CCC2)CC1. The van der Waals surface area contributed by atoms with Gasteiger partial charge in [0.25, 0.3) is 5.91 Å². The lowest BCUT2D eigenvalue weighted by atomic mass is 9.96. The van der Waals surface area contributed by atoms with Crippen LogP contribution >= 0.6 is 11.6 Å². The zero-order valence-corrected chi connectivity index (χ0v) is 15.8. The van der Waals surface area contributed by atoms with Crippen LogP contribution in [0.3, 0.4) is 0 Å². The van der Waals surface area contributed by atoms with Crippen LogP contribution in [-0.2, 0) is 14.3 Å². The molecule has 2 amide bonds. The molecule has 0 bridgehead atoms. The first-order valence-electron chi connectivity index (χ1n) is 9.28. The monoisotopic (exact) mass is 398 g/mol. The first kappa shape index (κ1) is 19.9. The molecule has 8 heteroatoms. The summed E-state index contributed by atoms with van der Waals surface area (Å²) in [6, 6.07) is 4.03. The molecule has 0 atom stereocenters. The number of halogens is 2. The highest BCUT2D eigenvalue weighted by molar-refractivity contribution is 6.30. The third-order valence-electron chi connectivity index (χ3n) is 4.97. The zero-order chi connectivity index (χ0) is 19.2. The average Bonchev–Trinajstić information content (AvgIpc) is 2.62. The van der Waals surface area contributed by atoms with Crippen LogP contribution in [0.25, 0.3) is 0 Å². The average molecular weight is 399 g/mol. The van der Waals surface area contributed by atoms with Gasteiger partial charge < -0.3 is 19.7 Å². The Labute approximate surface area is 162 Å². The molecule has 2 aliphatic rings. The first-order chi connectivity index (χ1) is 13.0. The molecule has 148 valence electrons. The summed E-state index contributed by atoms with van der Waals surface area (Å²) in [5.41, 5.74) is 0. The Kier molecular flexibility index (Phi) is 6.90. The zero-order valence-electron chi connectivity index (χ0n) is 15.1. The lowest BCUT2D eigenvalue weighted by molar-refractivity contribution is -0.141. The van der Waals surface area contributed by atoms with Crippen molar-refractivity contribution in [3.8, 4) is 5.75 Å². The maximum absolute atomic E-state index is 13.3. The van der Waals surface area contributed by atoms with Gasteiger partial charge in [-0.3, -0.25) is 9.59 Å². The minimum absolute atomic E-state index is 0.000320. The van der Waals surface area contributed by atoms with E-state index in [1.165, 1.54) is 18.6 Å². The molecule has 1 heterocycles. The number of piperidine rings is 1. The fourth-order valence-electron chi connectivity index (χ4n) is 3.08. The maximum atomic E-state index is 13.3. The van der Waals surface area contributed by atoms with E-state index in [-0.39, 0.29) is 47.9 Å². The van der Waals surface area contributed by atoms with Gasteiger partial charge in [-0.1, -0.05) is 11.6 Å². The van der Waals surface area contributed by atoms with Crippen LogP contribution in [0.2, 0.25) is 5.02 Å². The number of amides is 2. The number of hydrogen-bond acceptors (Lipinski definition) is 4. The highest BCUT2D eigenvalue weighted by Crippen LogP contribution is 2.22. The van der Waals surface area contributed by atoms with Crippen molar-refractivity contribution in [2.45, 2.75) is 44.2 Å². The number of nitrogens with one attached hydrogen (secondary N) is 1. The van der Waals surface area contributed by atoms with Gasteiger partial charge in [0.15, 0.2) is 6.61 Å². The Morgan fingerprint density at radius 1 is 1.19 bits per heavy atom. The minimum atomic E-state index is -0.590. The molecule has 0 aromatic heterocycles. The topological polar surface area (TPSA) is 67.9 Å². The van der Waals surface area contributed by atoms with Crippen molar-refractivity contribution in [1.29, 1.82) is 0 Å². The number of benzene rings is 1. The van der Waals surface area contributed by atoms with E-state index in [2.05, 4.69) is 5.32 Å². The largest absolute Gasteiger partial charge is 0.484 e. The van der Waals surface area contributed by atoms with Crippen LogP contribution in [0, 0.1) is 5.82 Å². The Hall–Kier alpha value is -1.86. The van der Waals surface area contributed by atoms with E-state index in [0.29, 0.717) is 25.9 Å². The predicted octanol–water partition coefficient (Wildman–Crippen LogP) is 2.53. The third-order valence-corrected chi connectivity index (χ3v) is 5.28. The summed E-state index contributed by atoms with van der Waals surface area (Å²) in [7, 11) is 0. The molecule has 27 heavy (non-hydrogen) atoms. The molecule has 1 saturated heterocycles. The summed E-state index contributed by atoms with van der Waals surface area (Å²) in [6.45, 7) is 1.14. The van der Waals surface area contributed by atoms with Crippen LogP contribution in [0.15, 0.2) is 18.2 Å². The third kappa shape index (κ3) is 5.81. The highest BCUT2D eigenvalue weighted by Gasteiger charge is 2.25. The van der Waals surface area contributed by atoms with Crippen molar-refractivity contribution in [3.63, 3.8) is 0 Å². The molecule has 1 aliphatic carbocycles. The molecule has 1 aromatic rings. The number of carbonyl (C=O) groups is 2. The number of nitrogens with zero attached hydrogens (tertiary/aromatic N) is 1. The van der Waals surface area contributed by atoms with Crippen LogP contribution in [-0.4, -0.2) is 55.2 Å². The number of carbonyl (C=O) groups excluding carboxylic acids is 2. The summed E-state index contributed by atoms with van der Waals surface area (Å²) in [5, 5.41) is 2.90. The molecule has 0 unspecified atom stereocenters. The second kappa shape index (κ2) is 9.37. The van der Waals surface area contributed by atoms with E-state index in [0.717, 1.165) is 18.9 Å². The Bertz CT molecular complexity index is 676. The summed E-state index contributed by atoms with van der Waals surface area (Å²) in [4.78, 5) is 25.9. The Balaban J connectivity index is 1.33. The second-order valence-electron chi connectivity index (χ2n) is 6.95. The van der Waals surface area contributed by atoms with Gasteiger partial charge in [0.2, 0.25) is 5.91 Å². The van der Waals surface area contributed by atoms with Gasteiger partial charge in [-0.15, -0.1) is 0 Å². The number of ether oxygens (including phenoxy) is 2. The molecule has 0 radical (unpaired) electrons. The van der Waals surface area contributed by atoms with Gasteiger partial charge in [0.05, 0.1) is 11.1 Å². The second-order valence-corrected chi connectivity index (χ2v) is 7.36. The quantitative estimate of drug-likeness (QED) is 0.766. The summed E-state index contributed by atoms with van der Waals surface area (Å²) < 4.78 is 24.2. The molecular formula is C19H24ClFN2O4. The summed E-state index contributed by atoms with van der Waals surface area (Å²) >= 11 is 5.61. The molecule has 1 aliphatic heterocycles. The summed E-state index contributed by atoms with van der Waals surface area (Å²) in [5.74, 6) is -0.602. The van der Waals surface area contributed by atoms with Crippen molar-refractivity contribution in [1.82, 2.24) is 10.2 Å². The summed E-state index contributed by atoms with van der Waals surface area (Å²) in [6.07, 6.45) is 4.91. The van der Waals surface area contributed by atoms with Gasteiger partial charge in [0, 0.05) is 25.2 Å². The van der Waals surface area contributed by atoms with Crippen molar-refractivity contribution < 1.29 is 23.5 Å². The maximum Gasteiger partial charge on any atom is 0.258 e. The lowest BCUT2D eigenvalue weighted by Gasteiger charge is -2.33. The van der Waals surface area contributed by atoms with E-state index in [9.17, 15) is 14.0 Å². The molecule has 1 saturated carbocycles. The van der Waals surface area contributed by atoms with Crippen LogP contribution < -0.4 is 10.1 Å². The van der Waals surface area contributed by atoms with Crippen molar-refractivity contribution in [2.75, 3.05) is 26.3 Å². The first-order valence-corrected chi connectivity index (χ1v) is 9.65. The smallest absolute Gasteiger partial charge is 0.258 e. The van der Waals surface area contributed by atoms with E-state index >= 15 is 0 Å². The van der Waals surface area contributed by atoms with Crippen molar-refractivity contribution in [3.05, 3.63) is 29.0 Å². The Morgan fingerprint density at radius 2 is 1.93 bits per heavy atom. The number of likely N-dealkylation sites (tertiary alicyclic amines) is 1. The predicted molar refractivity (Wildman–Crippen MR) is 98.2 cm³/mol. The van der Waals surface area contributed by atoms with Gasteiger partial charge in [-0.25, -0.2) is 4.39 Å². The lowest BCUT2D eigenvalue weighted by Crippen LogP contribution is -2.48. The Morgan fingerprint density at radius 3 is 2.56 bits per heavy atom. The van der Waals surface area contributed by atoms with E-state index in [4.69, 9.17) is 21.1 Å². The van der Waals surface area contributed by atoms with Crippen LogP contribution in [0.4, 0.5) is 4.39 Å². The number of hydrogen-bond donors (Lipinski definition) is 1. The molecule has 0 spiro atoms. The minimum Gasteiger partial charge on any atom is -0.484 e. The van der Waals surface area contributed by atoms with Crippen LogP contribution in [0.5, 0.6) is 5.75 Å². The standard InChI is InChI=1S/C19H24ClFN2O4/c20-16-5-4-15(10-17(16)21)26-11-18(24)22-13-6-8-23(9-7-13)19(25)12-27-14-2-1-3-14/h4-5,10,13-14H,1-3,6-9,11-12H2,(H,22,24). The normalized spacial score (nSPS) is 18.1. The van der Waals surface area contributed by atoms with Crippen molar-refractivity contribution in [2.24, 2.45) is 0 Å². The molecule has 1 aromatic carbocycles. The van der Waals surface area contributed by atoms with E-state index in [1.807, 2.05) is 0 Å². The highest BCUT2D eigenvalue weighted by atomic mass is 35.5. The van der Waals surface area contributed by atoms with Crippen LogP contribution in [0.1, 0.15) is 32.1 Å². The van der Waals surface area contributed by atoms with E-state index in [1.54, 1.807) is 4.90 Å². The fraction of sp³-hybridized carbons (Fsp3) is 0.579. The molecular weight excluding hydrogens is 375 g/mol.